The lowest BCUT2D eigenvalue weighted by atomic mass is 10.0. The fourth-order valence-corrected chi connectivity index (χ4v) is 1.30. The van der Waals surface area contributed by atoms with Crippen LogP contribution in [0, 0.1) is 10.1 Å². The lowest BCUT2D eigenvalue weighted by Gasteiger charge is -2.05. The maximum atomic E-state index is 11.2. The summed E-state index contributed by atoms with van der Waals surface area (Å²) in [5, 5.41) is 10.7. The van der Waals surface area contributed by atoms with E-state index >= 15 is 0 Å². The van der Waals surface area contributed by atoms with Gasteiger partial charge in [0.25, 0.3) is 5.69 Å². The van der Waals surface area contributed by atoms with E-state index in [-0.39, 0.29) is 16.9 Å². The van der Waals surface area contributed by atoms with Crippen molar-refractivity contribution in [3.63, 3.8) is 0 Å². The predicted octanol–water partition coefficient (Wildman–Crippen LogP) is 1.62. The first-order valence-corrected chi connectivity index (χ1v) is 4.33. The van der Waals surface area contributed by atoms with Crippen molar-refractivity contribution in [3.8, 4) is 5.75 Å². The van der Waals surface area contributed by atoms with Crippen LogP contribution in [0.2, 0.25) is 0 Å². The number of nitro benzene ring substituents is 1. The van der Waals surface area contributed by atoms with Crippen LogP contribution in [0.1, 0.15) is 27.6 Å². The standard InChI is InChI=1S/C10H9NO5/c1-6(13)8-3-7(16-2)4-10(11(14)15)9(8)5-12/h3-5H,1-2H3. The van der Waals surface area contributed by atoms with Gasteiger partial charge < -0.3 is 4.74 Å². The van der Waals surface area contributed by atoms with Crippen LogP contribution in [-0.2, 0) is 0 Å². The molecule has 0 fully saturated rings. The zero-order chi connectivity index (χ0) is 12.3. The van der Waals surface area contributed by atoms with Gasteiger partial charge in [0, 0.05) is 5.56 Å². The van der Waals surface area contributed by atoms with Crippen LogP contribution in [0.15, 0.2) is 12.1 Å². The first kappa shape index (κ1) is 11.8. The summed E-state index contributed by atoms with van der Waals surface area (Å²) in [5.74, 6) is -0.258. The number of ether oxygens (including phenoxy) is 1. The van der Waals surface area contributed by atoms with Crippen LogP contribution in [0.25, 0.3) is 0 Å². The highest BCUT2D eigenvalue weighted by Crippen LogP contribution is 2.27. The Morgan fingerprint density at radius 3 is 2.50 bits per heavy atom. The molecule has 0 spiro atoms. The highest BCUT2D eigenvalue weighted by atomic mass is 16.6. The Hall–Kier alpha value is -2.24. The molecule has 0 saturated heterocycles. The second kappa shape index (κ2) is 4.52. The van der Waals surface area contributed by atoms with E-state index < -0.39 is 16.4 Å². The van der Waals surface area contributed by atoms with Gasteiger partial charge in [0.1, 0.15) is 11.3 Å². The van der Waals surface area contributed by atoms with Gasteiger partial charge in [-0.3, -0.25) is 19.7 Å². The smallest absolute Gasteiger partial charge is 0.284 e. The van der Waals surface area contributed by atoms with Gasteiger partial charge in [-0.25, -0.2) is 0 Å². The quantitative estimate of drug-likeness (QED) is 0.335. The molecule has 1 rings (SSSR count). The number of hydrogen-bond donors (Lipinski definition) is 0. The Bertz CT molecular complexity index is 431. The third-order valence-corrected chi connectivity index (χ3v) is 2.06. The molecule has 16 heavy (non-hydrogen) atoms. The molecule has 0 atom stereocenters. The van der Waals surface area contributed by atoms with E-state index in [1.807, 2.05) is 0 Å². The Morgan fingerprint density at radius 1 is 1.50 bits per heavy atom. The largest absolute Gasteiger partial charge is 0.496 e. The van der Waals surface area contributed by atoms with Crippen LogP contribution in [0.4, 0.5) is 5.69 Å². The summed E-state index contributed by atoms with van der Waals surface area (Å²) in [6, 6.07) is 2.41. The summed E-state index contributed by atoms with van der Waals surface area (Å²) in [4.78, 5) is 32.0. The van der Waals surface area contributed by atoms with Crippen molar-refractivity contribution in [2.45, 2.75) is 6.92 Å². The van der Waals surface area contributed by atoms with Crippen molar-refractivity contribution in [3.05, 3.63) is 33.4 Å². The molecule has 1 aromatic rings. The van der Waals surface area contributed by atoms with Gasteiger partial charge in [-0.2, -0.15) is 0 Å². The van der Waals surface area contributed by atoms with E-state index in [2.05, 4.69) is 0 Å². The number of ketones is 1. The number of benzene rings is 1. The van der Waals surface area contributed by atoms with Crippen molar-refractivity contribution in [1.29, 1.82) is 0 Å². The number of methoxy groups -OCH3 is 1. The number of carbonyl (C=O) groups excluding carboxylic acids is 2. The molecule has 6 heteroatoms. The fourth-order valence-electron chi connectivity index (χ4n) is 1.30. The molecule has 0 bridgehead atoms. The summed E-state index contributed by atoms with van der Waals surface area (Å²) >= 11 is 0. The number of nitro groups is 1. The predicted molar refractivity (Wildman–Crippen MR) is 55.0 cm³/mol. The van der Waals surface area contributed by atoms with E-state index in [0.29, 0.717) is 6.29 Å². The lowest BCUT2D eigenvalue weighted by Crippen LogP contribution is -2.04. The lowest BCUT2D eigenvalue weighted by molar-refractivity contribution is -0.385. The number of carbonyl (C=O) groups is 2. The molecule has 0 heterocycles. The van der Waals surface area contributed by atoms with Gasteiger partial charge in [-0.1, -0.05) is 0 Å². The maximum Gasteiger partial charge on any atom is 0.284 e. The molecule has 0 N–H and O–H groups in total. The number of Topliss-reactive ketones (excluding diaryl/α,β-unsaturated/α-hetero) is 1. The second-order valence-electron chi connectivity index (χ2n) is 3.04. The zero-order valence-corrected chi connectivity index (χ0v) is 8.72. The fraction of sp³-hybridized carbons (Fsp3) is 0.200. The van der Waals surface area contributed by atoms with Gasteiger partial charge >= 0.3 is 0 Å². The number of aldehydes is 1. The molecule has 0 amide bonds. The third kappa shape index (κ3) is 2.05. The SMILES string of the molecule is COc1cc(C(C)=O)c(C=O)c([N+](=O)[O-])c1. The van der Waals surface area contributed by atoms with Gasteiger partial charge in [0.05, 0.1) is 18.1 Å². The molecule has 0 saturated carbocycles. The molecule has 0 aliphatic rings. The third-order valence-electron chi connectivity index (χ3n) is 2.06. The van der Waals surface area contributed by atoms with Gasteiger partial charge in [-0.05, 0) is 13.0 Å². The van der Waals surface area contributed by atoms with Crippen molar-refractivity contribution in [1.82, 2.24) is 0 Å². The first-order valence-electron chi connectivity index (χ1n) is 4.33. The van der Waals surface area contributed by atoms with Crippen molar-refractivity contribution >= 4 is 17.8 Å². The average Bonchev–Trinajstić information content (AvgIpc) is 2.26. The van der Waals surface area contributed by atoms with E-state index in [4.69, 9.17) is 4.74 Å². The van der Waals surface area contributed by atoms with E-state index in [0.717, 1.165) is 6.07 Å². The average molecular weight is 223 g/mol. The van der Waals surface area contributed by atoms with Crippen LogP contribution >= 0.6 is 0 Å². The molecule has 0 aliphatic heterocycles. The highest BCUT2D eigenvalue weighted by molar-refractivity contribution is 6.04. The van der Waals surface area contributed by atoms with Gasteiger partial charge in [0.2, 0.25) is 0 Å². The minimum atomic E-state index is -0.724. The second-order valence-corrected chi connectivity index (χ2v) is 3.04. The summed E-state index contributed by atoms with van der Waals surface area (Å²) in [6.07, 6.45) is 0.300. The topological polar surface area (TPSA) is 86.5 Å². The Kier molecular flexibility index (Phi) is 3.34. The zero-order valence-electron chi connectivity index (χ0n) is 8.72. The number of hydrogen-bond acceptors (Lipinski definition) is 5. The molecular weight excluding hydrogens is 214 g/mol. The first-order chi connectivity index (χ1) is 7.51. The summed E-state index contributed by atoms with van der Waals surface area (Å²) in [5.41, 5.74) is -0.668. The van der Waals surface area contributed by atoms with Crippen LogP contribution in [0.3, 0.4) is 0 Å². The molecule has 6 nitrogen and oxygen atoms in total. The molecule has 0 unspecified atom stereocenters. The van der Waals surface area contributed by atoms with Crippen molar-refractivity contribution in [2.24, 2.45) is 0 Å². The van der Waals surface area contributed by atoms with Crippen LogP contribution in [0.5, 0.6) is 5.75 Å². The monoisotopic (exact) mass is 223 g/mol. The summed E-state index contributed by atoms with van der Waals surface area (Å²) < 4.78 is 4.82. The molecule has 0 radical (unpaired) electrons. The van der Waals surface area contributed by atoms with Crippen LogP contribution < -0.4 is 4.74 Å². The van der Waals surface area contributed by atoms with Crippen molar-refractivity contribution in [2.75, 3.05) is 7.11 Å². The molecule has 0 aliphatic carbocycles. The highest BCUT2D eigenvalue weighted by Gasteiger charge is 2.21. The maximum absolute atomic E-state index is 11.2. The normalized spacial score (nSPS) is 9.62. The van der Waals surface area contributed by atoms with Gasteiger partial charge in [0.15, 0.2) is 12.1 Å². The molecule has 1 aromatic carbocycles. The molecule has 0 aromatic heterocycles. The van der Waals surface area contributed by atoms with Gasteiger partial charge in [-0.15, -0.1) is 0 Å². The van der Waals surface area contributed by atoms with Crippen LogP contribution in [-0.4, -0.2) is 24.1 Å². The molecule has 84 valence electrons. The Balaban J connectivity index is 3.59. The minimum Gasteiger partial charge on any atom is -0.496 e. The Labute approximate surface area is 91.0 Å². The minimum absolute atomic E-state index is 0.0129. The van der Waals surface area contributed by atoms with E-state index in [1.54, 1.807) is 0 Å². The number of rotatable bonds is 4. The summed E-state index contributed by atoms with van der Waals surface area (Å²) in [6.45, 7) is 1.23. The Morgan fingerprint density at radius 2 is 2.12 bits per heavy atom. The van der Waals surface area contributed by atoms with Crippen molar-refractivity contribution < 1.29 is 19.2 Å². The van der Waals surface area contributed by atoms with E-state index in [1.165, 1.54) is 20.1 Å². The number of nitrogens with zero attached hydrogens (tertiary/aromatic N) is 1. The van der Waals surface area contributed by atoms with E-state index in [9.17, 15) is 19.7 Å². The summed E-state index contributed by atoms with van der Waals surface area (Å²) in [7, 11) is 1.32. The molecular formula is C10H9NO5.